The van der Waals surface area contributed by atoms with Crippen molar-refractivity contribution < 1.29 is 28.3 Å². The Labute approximate surface area is 238 Å². The Kier molecular flexibility index (Phi) is 9.16. The monoisotopic (exact) mass is 638 g/mol. The van der Waals surface area contributed by atoms with Gasteiger partial charge in [-0.25, -0.2) is 9.55 Å². The number of ether oxygens (including phenoxy) is 1. The van der Waals surface area contributed by atoms with Gasteiger partial charge in [0.1, 0.15) is 18.1 Å². The minimum atomic E-state index is -4.14. The fourth-order valence-electron chi connectivity index (χ4n) is 4.04. The van der Waals surface area contributed by atoms with Crippen molar-refractivity contribution in [1.29, 1.82) is 0 Å². The van der Waals surface area contributed by atoms with Crippen molar-refractivity contribution in [2.24, 2.45) is 5.41 Å². The summed E-state index contributed by atoms with van der Waals surface area (Å²) in [4.78, 5) is 35.3. The molecule has 2 heterocycles. The Balaban J connectivity index is 1.53. The second-order valence-electron chi connectivity index (χ2n) is 9.75. The number of aliphatic hydroxyl groups is 1. The first kappa shape index (κ1) is 29.9. The van der Waals surface area contributed by atoms with Gasteiger partial charge in [0.2, 0.25) is 5.95 Å². The third kappa shape index (κ3) is 6.99. The maximum absolute atomic E-state index is 13.9. The van der Waals surface area contributed by atoms with Crippen LogP contribution in [-0.2, 0) is 18.6 Å². The van der Waals surface area contributed by atoms with Crippen molar-refractivity contribution in [3.8, 4) is 5.75 Å². The van der Waals surface area contributed by atoms with Gasteiger partial charge in [0.25, 0.3) is 5.56 Å². The number of nitrogens with two attached hydrogens (primary N) is 1. The number of hydrogen-bond donors (Lipinski definition) is 4. The van der Waals surface area contributed by atoms with Crippen LogP contribution in [0.25, 0.3) is 17.4 Å². The van der Waals surface area contributed by atoms with Gasteiger partial charge in [-0.05, 0) is 56.5 Å². The van der Waals surface area contributed by atoms with Crippen LogP contribution in [0, 0.1) is 5.41 Å². The van der Waals surface area contributed by atoms with Gasteiger partial charge in [-0.1, -0.05) is 29.3 Å². The van der Waals surface area contributed by atoms with Crippen LogP contribution in [0.15, 0.2) is 45.4 Å². The lowest BCUT2D eigenvalue weighted by Gasteiger charge is -2.25. The van der Waals surface area contributed by atoms with E-state index in [1.807, 2.05) is 6.92 Å². The minimum absolute atomic E-state index is 0.0564. The molecule has 0 radical (unpaired) electrons. The summed E-state index contributed by atoms with van der Waals surface area (Å²) in [5.74, 6) is -0.400. The van der Waals surface area contributed by atoms with E-state index in [1.165, 1.54) is 17.8 Å². The van der Waals surface area contributed by atoms with Gasteiger partial charge >= 0.3 is 13.7 Å². The standard InChI is InChI=1S/C25H32BrN6O7P/c1-4-5-15(2)38-23(35)16(3)31-40(36,39-19-8-6-18(26)7-9-19)37-13-25(12-33)10-17(25)11-32-14-28-20-21(32)29-24(27)30-22(20)34/h6-9,11,14-16,33H,4-5,10,12-13H2,1-3H3,(H,31,36)(H3,27,29,30,34)/b17-11-/t15-,16-,25-,40-/m0/s1. The third-order valence-electron chi connectivity index (χ3n) is 6.40. The number of rotatable bonds is 13. The molecule has 0 saturated heterocycles. The van der Waals surface area contributed by atoms with Crippen LogP contribution in [0.4, 0.5) is 5.95 Å². The number of nitrogens with one attached hydrogen (secondary N) is 2. The van der Waals surface area contributed by atoms with Gasteiger partial charge in [-0.2, -0.15) is 10.1 Å². The van der Waals surface area contributed by atoms with Crippen LogP contribution in [0.3, 0.4) is 0 Å². The molecule has 216 valence electrons. The molecule has 2 aromatic heterocycles. The normalized spacial score (nSPS) is 20.7. The smallest absolute Gasteiger partial charge is 0.459 e. The van der Waals surface area contributed by atoms with E-state index in [-0.39, 0.29) is 42.2 Å². The number of aromatic nitrogens is 4. The van der Waals surface area contributed by atoms with E-state index in [2.05, 4.69) is 36.0 Å². The highest BCUT2D eigenvalue weighted by Crippen LogP contribution is 2.56. The second-order valence-corrected chi connectivity index (χ2v) is 12.4. The molecule has 1 fully saturated rings. The summed E-state index contributed by atoms with van der Waals surface area (Å²) in [5.41, 5.74) is 5.44. The molecule has 3 aromatic rings. The SMILES string of the molecule is CCC[C@H](C)OC(=O)[C@H](C)N[P@](=O)(OC[C@@]1(CO)C/C1=C/n1cnc2c(=O)[nH]c(N)nc21)Oc1ccc(Br)cc1. The molecule has 1 aliphatic carbocycles. The van der Waals surface area contributed by atoms with E-state index in [1.54, 1.807) is 37.4 Å². The zero-order chi connectivity index (χ0) is 29.1. The molecule has 0 unspecified atom stereocenters. The summed E-state index contributed by atoms with van der Waals surface area (Å²) in [7, 11) is -4.14. The van der Waals surface area contributed by atoms with Crippen molar-refractivity contribution in [2.75, 3.05) is 18.9 Å². The third-order valence-corrected chi connectivity index (χ3v) is 8.55. The number of benzene rings is 1. The second kappa shape index (κ2) is 12.2. The number of halogens is 1. The molecule has 15 heteroatoms. The first-order valence-corrected chi connectivity index (χ1v) is 15.0. The molecule has 0 bridgehead atoms. The highest BCUT2D eigenvalue weighted by atomic mass is 79.9. The molecular weight excluding hydrogens is 607 g/mol. The van der Waals surface area contributed by atoms with Crippen molar-refractivity contribution in [3.63, 3.8) is 0 Å². The summed E-state index contributed by atoms with van der Waals surface area (Å²) in [5, 5.41) is 12.9. The van der Waals surface area contributed by atoms with Gasteiger partial charge in [-0.3, -0.25) is 23.7 Å². The van der Waals surface area contributed by atoms with Crippen LogP contribution >= 0.6 is 23.7 Å². The Morgan fingerprint density at radius 3 is 2.77 bits per heavy atom. The molecule has 1 aromatic carbocycles. The summed E-state index contributed by atoms with van der Waals surface area (Å²) >= 11 is 3.34. The number of carbonyl (C=O) groups excluding carboxylic acids is 1. The molecule has 4 rings (SSSR count). The maximum Gasteiger partial charge on any atom is 0.459 e. The summed E-state index contributed by atoms with van der Waals surface area (Å²) in [6, 6.07) is 5.61. The molecule has 13 nitrogen and oxygen atoms in total. The number of aliphatic hydroxyl groups excluding tert-OH is 1. The van der Waals surface area contributed by atoms with Crippen LogP contribution in [0.1, 0.15) is 40.0 Å². The zero-order valence-corrected chi connectivity index (χ0v) is 24.8. The van der Waals surface area contributed by atoms with Crippen LogP contribution in [0.5, 0.6) is 5.75 Å². The molecular formula is C25H32BrN6O7P. The van der Waals surface area contributed by atoms with Gasteiger partial charge in [0.05, 0.1) is 19.3 Å². The van der Waals surface area contributed by atoms with Crippen LogP contribution < -0.4 is 20.9 Å². The topological polar surface area (TPSA) is 184 Å². The lowest BCUT2D eigenvalue weighted by atomic mass is 10.1. The molecule has 5 N–H and O–H groups in total. The van der Waals surface area contributed by atoms with E-state index in [9.17, 15) is 19.3 Å². The Morgan fingerprint density at radius 1 is 1.38 bits per heavy atom. The predicted octanol–water partition coefficient (Wildman–Crippen LogP) is 3.60. The molecule has 0 aliphatic heterocycles. The Bertz CT molecular complexity index is 1510. The maximum atomic E-state index is 13.9. The molecule has 0 amide bonds. The summed E-state index contributed by atoms with van der Waals surface area (Å²) < 4.78 is 33.2. The Morgan fingerprint density at radius 2 is 2.10 bits per heavy atom. The number of aromatic amines is 1. The number of imidazole rings is 1. The number of esters is 1. The minimum Gasteiger partial charge on any atom is -0.462 e. The lowest BCUT2D eigenvalue weighted by molar-refractivity contribution is -0.150. The lowest BCUT2D eigenvalue weighted by Crippen LogP contribution is -2.37. The highest BCUT2D eigenvalue weighted by molar-refractivity contribution is 9.10. The van der Waals surface area contributed by atoms with Crippen LogP contribution in [-0.4, -0.2) is 56.0 Å². The van der Waals surface area contributed by atoms with E-state index < -0.39 is 30.7 Å². The molecule has 1 aliphatic rings. The van der Waals surface area contributed by atoms with Crippen molar-refractivity contribution in [3.05, 3.63) is 51.0 Å². The van der Waals surface area contributed by atoms with Gasteiger partial charge in [0, 0.05) is 16.1 Å². The molecule has 0 spiro atoms. The number of nitrogen functional groups attached to an aromatic ring is 1. The van der Waals surface area contributed by atoms with Gasteiger partial charge in [-0.15, -0.1) is 0 Å². The summed E-state index contributed by atoms with van der Waals surface area (Å²) in [6.45, 7) is 4.78. The van der Waals surface area contributed by atoms with Crippen molar-refractivity contribution >= 4 is 53.0 Å². The fraction of sp³-hybridized carbons (Fsp3) is 0.440. The highest BCUT2D eigenvalue weighted by Gasteiger charge is 2.51. The van der Waals surface area contributed by atoms with Crippen LogP contribution in [0.2, 0.25) is 0 Å². The molecule has 1 saturated carbocycles. The average molecular weight is 639 g/mol. The first-order valence-electron chi connectivity index (χ1n) is 12.7. The fourth-order valence-corrected chi connectivity index (χ4v) is 5.88. The van der Waals surface area contributed by atoms with E-state index >= 15 is 0 Å². The summed E-state index contributed by atoms with van der Waals surface area (Å²) in [6.07, 6.45) is 4.73. The van der Waals surface area contributed by atoms with Gasteiger partial charge < -0.3 is 20.1 Å². The number of anilines is 1. The largest absolute Gasteiger partial charge is 0.462 e. The van der Waals surface area contributed by atoms with Gasteiger partial charge in [0.15, 0.2) is 11.2 Å². The molecule has 40 heavy (non-hydrogen) atoms. The van der Waals surface area contributed by atoms with E-state index in [4.69, 9.17) is 19.5 Å². The number of fused-ring (bicyclic) bond motifs is 1. The average Bonchev–Trinajstić information content (AvgIpc) is 3.44. The van der Waals surface area contributed by atoms with Crippen molar-refractivity contribution in [1.82, 2.24) is 24.6 Å². The number of hydrogen-bond acceptors (Lipinski definition) is 10. The molecule has 4 atom stereocenters. The predicted molar refractivity (Wildman–Crippen MR) is 152 cm³/mol. The number of nitrogens with zero attached hydrogens (tertiary/aromatic N) is 3. The zero-order valence-electron chi connectivity index (χ0n) is 22.3. The van der Waals surface area contributed by atoms with E-state index in [0.717, 1.165) is 16.5 Å². The van der Waals surface area contributed by atoms with E-state index in [0.29, 0.717) is 12.8 Å². The first-order chi connectivity index (χ1) is 19.0. The van der Waals surface area contributed by atoms with Crippen molar-refractivity contribution in [2.45, 2.75) is 52.2 Å². The number of H-pyrrole nitrogens is 1. The quantitative estimate of drug-likeness (QED) is 0.158. The number of carbonyl (C=O) groups is 1. The Hall–Kier alpha value is -3.03.